The van der Waals surface area contributed by atoms with Gasteiger partial charge in [-0.3, -0.25) is 18.6 Å². The summed E-state index contributed by atoms with van der Waals surface area (Å²) in [7, 11) is -4.40. The minimum atomic E-state index is -4.40. The number of phosphoric acid groups is 1. The smallest absolute Gasteiger partial charge is 0.462 e. The Morgan fingerprint density at radius 2 is 0.604 bits per heavy atom. The van der Waals surface area contributed by atoms with Crippen LogP contribution in [0.25, 0.3) is 0 Å². The zero-order valence-electron chi connectivity index (χ0n) is 59.6. The number of allylic oxidation sites excluding steroid dienone is 16. The van der Waals surface area contributed by atoms with Crippen molar-refractivity contribution in [1.82, 2.24) is 0 Å². The van der Waals surface area contributed by atoms with Gasteiger partial charge in [-0.25, -0.2) is 4.57 Å². The van der Waals surface area contributed by atoms with Crippen LogP contribution in [0.3, 0.4) is 0 Å². The normalized spacial score (nSPS) is 13.4. The Morgan fingerprint density at radius 1 is 0.341 bits per heavy atom. The summed E-state index contributed by atoms with van der Waals surface area (Å²) >= 11 is 0. The predicted octanol–water partition coefficient (Wildman–Crippen LogP) is 25.9. The summed E-state index contributed by atoms with van der Waals surface area (Å²) < 4.78 is 33.3. The van der Waals surface area contributed by atoms with E-state index in [9.17, 15) is 19.0 Å². The lowest BCUT2D eigenvalue weighted by molar-refractivity contribution is -0.161. The van der Waals surface area contributed by atoms with Crippen molar-refractivity contribution in [3.63, 3.8) is 0 Å². The first kappa shape index (κ1) is 87.9. The molecule has 0 rings (SSSR count). The molecule has 91 heavy (non-hydrogen) atoms. The lowest BCUT2D eigenvalue weighted by Crippen LogP contribution is -2.29. The number of nitrogens with two attached hydrogens (primary N) is 1. The minimum Gasteiger partial charge on any atom is -0.462 e. The molecule has 528 valence electrons. The van der Waals surface area contributed by atoms with Crippen LogP contribution in [0.5, 0.6) is 0 Å². The van der Waals surface area contributed by atoms with Crippen molar-refractivity contribution >= 4 is 19.8 Å². The number of esters is 2. The Morgan fingerprint density at radius 3 is 0.912 bits per heavy atom. The molecule has 0 amide bonds. The van der Waals surface area contributed by atoms with Crippen LogP contribution in [-0.4, -0.2) is 49.3 Å². The minimum absolute atomic E-state index is 0.0529. The highest BCUT2D eigenvalue weighted by Crippen LogP contribution is 2.43. The molecule has 0 heterocycles. The van der Waals surface area contributed by atoms with Gasteiger partial charge >= 0.3 is 19.8 Å². The number of hydrogen-bond donors (Lipinski definition) is 2. The Labute approximate surface area is 563 Å². The molecular weight excluding hydrogens is 1150 g/mol. The lowest BCUT2D eigenvalue weighted by Gasteiger charge is -2.19. The highest BCUT2D eigenvalue weighted by atomic mass is 31.2. The highest BCUT2D eigenvalue weighted by Gasteiger charge is 2.26. The van der Waals surface area contributed by atoms with E-state index >= 15 is 0 Å². The van der Waals surface area contributed by atoms with Crippen LogP contribution >= 0.6 is 7.82 Å². The first-order chi connectivity index (χ1) is 44.8. The SMILES string of the molecule is CC/C=C\C/C=C\C/C=C\C/C=C\C/C=C\C/C=C\C/C=C\CCCCCCCCCCCCCCCCCCCC(=O)OC(COC(=O)CCCCCCCCCCCCCCCCCCCCC/C=C\CCCCCCCCCC)COP(=O)(O)OCCN. The van der Waals surface area contributed by atoms with Crippen molar-refractivity contribution in [2.45, 2.75) is 380 Å². The van der Waals surface area contributed by atoms with Crippen molar-refractivity contribution in [2.24, 2.45) is 5.73 Å². The van der Waals surface area contributed by atoms with Crippen LogP contribution < -0.4 is 5.73 Å². The van der Waals surface area contributed by atoms with E-state index in [-0.39, 0.29) is 38.6 Å². The Bertz CT molecular complexity index is 1820. The molecule has 0 radical (unpaired) electrons. The first-order valence-corrected chi connectivity index (χ1v) is 40.2. The van der Waals surface area contributed by atoms with E-state index in [1.165, 1.54) is 257 Å². The van der Waals surface area contributed by atoms with Crippen LogP contribution in [0.2, 0.25) is 0 Å². The summed E-state index contributed by atoms with van der Waals surface area (Å²) in [6, 6.07) is 0. The van der Waals surface area contributed by atoms with Crippen LogP contribution in [0.1, 0.15) is 373 Å². The summed E-state index contributed by atoms with van der Waals surface area (Å²) in [5, 5.41) is 0. The maximum Gasteiger partial charge on any atom is 0.472 e. The van der Waals surface area contributed by atoms with Crippen LogP contribution in [-0.2, 0) is 32.7 Å². The monoisotopic (exact) mass is 1290 g/mol. The van der Waals surface area contributed by atoms with Crippen LogP contribution in [0.4, 0.5) is 0 Å². The summed E-state index contributed by atoms with van der Waals surface area (Å²) in [6.45, 7) is 3.69. The van der Waals surface area contributed by atoms with E-state index in [0.717, 1.165) is 83.5 Å². The summed E-state index contributed by atoms with van der Waals surface area (Å²) in [5.41, 5.74) is 5.41. The van der Waals surface area contributed by atoms with Crippen molar-refractivity contribution in [2.75, 3.05) is 26.4 Å². The van der Waals surface area contributed by atoms with E-state index in [1.807, 2.05) is 0 Å². The number of carbonyl (C=O) groups is 2. The second-order valence-corrected chi connectivity index (χ2v) is 27.3. The van der Waals surface area contributed by atoms with E-state index in [4.69, 9.17) is 24.3 Å². The molecule has 0 aromatic heterocycles. The Hall–Kier alpha value is -3.07. The maximum absolute atomic E-state index is 12.8. The second kappa shape index (κ2) is 76.0. The first-order valence-electron chi connectivity index (χ1n) is 38.7. The van der Waals surface area contributed by atoms with Gasteiger partial charge in [0.1, 0.15) is 6.61 Å². The molecule has 0 saturated heterocycles. The Balaban J connectivity index is 3.81. The maximum atomic E-state index is 12.8. The van der Waals surface area contributed by atoms with E-state index in [2.05, 4.69) is 111 Å². The molecule has 10 heteroatoms. The number of phosphoric ester groups is 1. The van der Waals surface area contributed by atoms with Gasteiger partial charge in [0, 0.05) is 19.4 Å². The van der Waals surface area contributed by atoms with E-state index in [1.54, 1.807) is 0 Å². The van der Waals surface area contributed by atoms with Gasteiger partial charge in [-0.2, -0.15) is 0 Å². The molecule has 0 aliphatic heterocycles. The fourth-order valence-electron chi connectivity index (χ4n) is 11.3. The summed E-state index contributed by atoms with van der Waals surface area (Å²) in [4.78, 5) is 35.4. The topological polar surface area (TPSA) is 134 Å². The molecular formula is C81H146NO8P. The molecule has 0 aromatic rings. The quantitative estimate of drug-likeness (QED) is 0.0264. The molecule has 0 aliphatic carbocycles. The molecule has 9 nitrogen and oxygen atoms in total. The third-order valence-electron chi connectivity index (χ3n) is 17.0. The van der Waals surface area contributed by atoms with E-state index in [0.29, 0.717) is 6.42 Å². The van der Waals surface area contributed by atoms with Gasteiger partial charge in [-0.15, -0.1) is 0 Å². The largest absolute Gasteiger partial charge is 0.472 e. The van der Waals surface area contributed by atoms with Crippen molar-refractivity contribution in [3.8, 4) is 0 Å². The number of rotatable bonds is 73. The van der Waals surface area contributed by atoms with Gasteiger partial charge in [-0.1, -0.05) is 361 Å². The summed E-state index contributed by atoms with van der Waals surface area (Å²) in [5.74, 6) is -0.811. The third-order valence-corrected chi connectivity index (χ3v) is 17.9. The fourth-order valence-corrected chi connectivity index (χ4v) is 12.0. The van der Waals surface area contributed by atoms with Gasteiger partial charge in [0.25, 0.3) is 0 Å². The third kappa shape index (κ3) is 75.8. The Kier molecular flexibility index (Phi) is 73.4. The fraction of sp³-hybridized carbons (Fsp3) is 0.778. The molecule has 0 spiro atoms. The van der Waals surface area contributed by atoms with E-state index < -0.39 is 26.5 Å². The van der Waals surface area contributed by atoms with Crippen molar-refractivity contribution in [1.29, 1.82) is 0 Å². The molecule has 0 fully saturated rings. The molecule has 0 bridgehead atoms. The number of hydrogen-bond acceptors (Lipinski definition) is 8. The second-order valence-electron chi connectivity index (χ2n) is 25.8. The average Bonchev–Trinajstić information content (AvgIpc) is 3.71. The van der Waals surface area contributed by atoms with Crippen molar-refractivity contribution < 1.29 is 37.6 Å². The number of unbranched alkanes of at least 4 members (excludes halogenated alkanes) is 44. The van der Waals surface area contributed by atoms with Gasteiger partial charge in [-0.05, 0) is 96.3 Å². The van der Waals surface area contributed by atoms with Gasteiger partial charge in [0.2, 0.25) is 0 Å². The van der Waals surface area contributed by atoms with Gasteiger partial charge in [0.05, 0.1) is 13.2 Å². The van der Waals surface area contributed by atoms with Crippen molar-refractivity contribution in [3.05, 3.63) is 97.2 Å². The van der Waals surface area contributed by atoms with Crippen LogP contribution in [0.15, 0.2) is 97.2 Å². The zero-order valence-corrected chi connectivity index (χ0v) is 60.5. The highest BCUT2D eigenvalue weighted by molar-refractivity contribution is 7.47. The van der Waals surface area contributed by atoms with Crippen LogP contribution in [0, 0.1) is 0 Å². The molecule has 0 saturated carbocycles. The predicted molar refractivity (Wildman–Crippen MR) is 395 cm³/mol. The molecule has 3 N–H and O–H groups in total. The van der Waals surface area contributed by atoms with Gasteiger partial charge < -0.3 is 20.1 Å². The standard InChI is InChI=1S/C81H146NO8P/c1-3-5-7-9-11-13-15-17-19-21-23-25-27-29-31-33-35-36-37-38-39-40-41-42-44-46-48-50-52-54-56-58-60-62-64-66-68-70-72-74-81(84)90-79(78-89-91(85,86)88-76-75-82)77-87-80(83)73-71-69-67-65-63-61-59-57-55-53-51-49-47-45-43-34-32-30-28-26-24-22-20-18-16-14-12-10-8-6-4-2/h5,7,11,13,17,19,22-25,29,31,35-36,38-39,79H,3-4,6,8-10,12,14-16,18,20-21,26-28,30,32-34,37,40-78,82H2,1-2H3,(H,85,86)/b7-5-,13-11-,19-17-,24-22-,25-23-,31-29-,36-35-,39-38-. The van der Waals surface area contributed by atoms with Gasteiger partial charge in [0.15, 0.2) is 6.10 Å². The number of carbonyl (C=O) groups excluding carboxylic acids is 2. The zero-order chi connectivity index (χ0) is 65.8. The molecule has 0 aliphatic rings. The lowest BCUT2D eigenvalue weighted by atomic mass is 10.0. The molecule has 0 aromatic carbocycles. The number of ether oxygens (including phenoxy) is 2. The average molecular weight is 1290 g/mol. The summed E-state index contributed by atoms with van der Waals surface area (Å²) in [6.07, 6.45) is 104. The molecule has 2 unspecified atom stereocenters. The molecule has 2 atom stereocenters.